The number of amides is 2. The summed E-state index contributed by atoms with van der Waals surface area (Å²) in [5, 5.41) is 4.64. The second kappa shape index (κ2) is 10.3. The van der Waals surface area contributed by atoms with Gasteiger partial charge in [-0.25, -0.2) is 9.78 Å². The number of nitrogens with one attached hydrogen (secondary N) is 1. The molecule has 30 heavy (non-hydrogen) atoms. The SMILES string of the molecule is C=C/C=C(\C(=C/C)NC(=O)c1csc(Br)n1)N1CCN(C(=O)OC(C)(C)C)[C@H](C)C1. The fourth-order valence-electron chi connectivity index (χ4n) is 3.07. The van der Waals surface area contributed by atoms with E-state index in [2.05, 4.69) is 37.7 Å². The summed E-state index contributed by atoms with van der Waals surface area (Å²) >= 11 is 4.64. The molecule has 1 N–H and O–H groups in total. The zero-order valence-electron chi connectivity index (χ0n) is 18.1. The Morgan fingerprint density at radius 2 is 2.10 bits per heavy atom. The zero-order valence-corrected chi connectivity index (χ0v) is 20.5. The lowest BCUT2D eigenvalue weighted by atomic mass is 10.1. The summed E-state index contributed by atoms with van der Waals surface area (Å²) in [6.45, 7) is 15.0. The molecule has 0 unspecified atom stereocenters. The highest BCUT2D eigenvalue weighted by molar-refractivity contribution is 9.11. The maximum atomic E-state index is 12.6. The van der Waals surface area contributed by atoms with E-state index in [1.54, 1.807) is 16.4 Å². The number of halogens is 1. The van der Waals surface area contributed by atoms with Gasteiger partial charge < -0.3 is 19.9 Å². The van der Waals surface area contributed by atoms with Crippen molar-refractivity contribution in [2.75, 3.05) is 19.6 Å². The lowest BCUT2D eigenvalue weighted by molar-refractivity contribution is 0.00517. The molecule has 0 saturated carbocycles. The van der Waals surface area contributed by atoms with Crippen LogP contribution in [0.2, 0.25) is 0 Å². The van der Waals surface area contributed by atoms with Crippen LogP contribution in [-0.4, -0.2) is 58.1 Å². The average Bonchev–Trinajstić information content (AvgIpc) is 3.09. The number of nitrogens with zero attached hydrogens (tertiary/aromatic N) is 3. The molecule has 1 aliphatic rings. The second-order valence-corrected chi connectivity index (χ2v) is 10.0. The lowest BCUT2D eigenvalue weighted by Gasteiger charge is -2.42. The molecule has 1 fully saturated rings. The van der Waals surface area contributed by atoms with Crippen molar-refractivity contribution in [2.24, 2.45) is 0 Å². The summed E-state index contributed by atoms with van der Waals surface area (Å²) in [7, 11) is 0. The Morgan fingerprint density at radius 3 is 2.60 bits per heavy atom. The predicted octanol–water partition coefficient (Wildman–Crippen LogP) is 4.55. The highest BCUT2D eigenvalue weighted by Gasteiger charge is 2.32. The minimum absolute atomic E-state index is 0.0508. The summed E-state index contributed by atoms with van der Waals surface area (Å²) < 4.78 is 6.18. The molecule has 1 atom stereocenters. The Bertz CT molecular complexity index is 857. The van der Waals surface area contributed by atoms with E-state index in [1.165, 1.54) is 11.3 Å². The Kier molecular flexibility index (Phi) is 8.25. The van der Waals surface area contributed by atoms with Gasteiger partial charge in [0.05, 0.1) is 11.4 Å². The van der Waals surface area contributed by atoms with Crippen LogP contribution in [0, 0.1) is 0 Å². The minimum atomic E-state index is -0.533. The maximum Gasteiger partial charge on any atom is 0.410 e. The molecule has 0 bridgehead atoms. The molecule has 0 radical (unpaired) electrons. The fraction of sp³-hybridized carbons (Fsp3) is 0.476. The van der Waals surface area contributed by atoms with Gasteiger partial charge in [0.15, 0.2) is 3.92 Å². The van der Waals surface area contributed by atoms with Gasteiger partial charge in [-0.1, -0.05) is 18.7 Å². The minimum Gasteiger partial charge on any atom is -0.444 e. The van der Waals surface area contributed by atoms with Gasteiger partial charge in [-0.3, -0.25) is 4.79 Å². The average molecular weight is 497 g/mol. The first kappa shape index (κ1) is 24.1. The van der Waals surface area contributed by atoms with Crippen molar-refractivity contribution in [3.05, 3.63) is 51.2 Å². The number of allylic oxidation sites excluding steroid dienone is 3. The molecule has 1 aromatic heterocycles. The standard InChI is InChI=1S/C21H29BrN4O3S/c1-7-9-17(15(8-2)23-18(27)16-13-30-19(22)24-16)25-10-11-26(14(3)12-25)20(28)29-21(4,5)6/h7-9,13-14H,1,10-12H2,2-6H3,(H,23,27)/b15-8+,17-9+/t14-/m1/s1. The number of rotatable bonds is 5. The van der Waals surface area contributed by atoms with Crippen LogP contribution in [0.4, 0.5) is 4.79 Å². The summed E-state index contributed by atoms with van der Waals surface area (Å²) in [5.74, 6) is -0.277. The van der Waals surface area contributed by atoms with Gasteiger partial charge in [0, 0.05) is 31.1 Å². The van der Waals surface area contributed by atoms with E-state index >= 15 is 0 Å². The molecule has 2 amide bonds. The first-order chi connectivity index (χ1) is 14.1. The molecular weight excluding hydrogens is 468 g/mol. The van der Waals surface area contributed by atoms with Gasteiger partial charge in [0.25, 0.3) is 5.91 Å². The third kappa shape index (κ3) is 6.43. The third-order valence-electron chi connectivity index (χ3n) is 4.39. The summed E-state index contributed by atoms with van der Waals surface area (Å²) in [5.41, 5.74) is 1.33. The Hall–Kier alpha value is -2.13. The number of ether oxygens (including phenoxy) is 1. The van der Waals surface area contributed by atoms with Crippen LogP contribution >= 0.6 is 27.3 Å². The van der Waals surface area contributed by atoms with E-state index in [-0.39, 0.29) is 18.0 Å². The highest BCUT2D eigenvalue weighted by atomic mass is 79.9. The highest BCUT2D eigenvalue weighted by Crippen LogP contribution is 2.22. The van der Waals surface area contributed by atoms with Gasteiger partial charge in [-0.2, -0.15) is 0 Å². The molecule has 2 rings (SSSR count). The third-order valence-corrected chi connectivity index (χ3v) is 5.76. The van der Waals surface area contributed by atoms with Gasteiger partial charge in [0.1, 0.15) is 11.3 Å². The number of carbonyl (C=O) groups excluding carboxylic acids is 2. The number of thiazole rings is 1. The van der Waals surface area contributed by atoms with E-state index in [9.17, 15) is 9.59 Å². The molecule has 164 valence electrons. The Labute approximate surface area is 190 Å². The van der Waals surface area contributed by atoms with Crippen molar-refractivity contribution in [1.29, 1.82) is 0 Å². The quantitative estimate of drug-likeness (QED) is 0.605. The first-order valence-corrected chi connectivity index (χ1v) is 11.4. The largest absolute Gasteiger partial charge is 0.444 e. The summed E-state index contributed by atoms with van der Waals surface area (Å²) in [6, 6.07) is -0.0508. The molecule has 9 heteroatoms. The topological polar surface area (TPSA) is 74.8 Å². The van der Waals surface area contributed by atoms with Crippen molar-refractivity contribution >= 4 is 39.3 Å². The van der Waals surface area contributed by atoms with Crippen molar-refractivity contribution in [2.45, 2.75) is 46.3 Å². The molecule has 1 saturated heterocycles. The Balaban J connectivity index is 2.12. The number of carbonyl (C=O) groups is 2. The molecular formula is C21H29BrN4O3S. The van der Waals surface area contributed by atoms with Crippen LogP contribution < -0.4 is 5.32 Å². The maximum absolute atomic E-state index is 12.6. The number of piperazine rings is 1. The predicted molar refractivity (Wildman–Crippen MR) is 123 cm³/mol. The fourth-order valence-corrected chi connectivity index (χ4v) is 4.06. The second-order valence-electron chi connectivity index (χ2n) is 7.90. The van der Waals surface area contributed by atoms with Crippen molar-refractivity contribution in [3.63, 3.8) is 0 Å². The van der Waals surface area contributed by atoms with Crippen molar-refractivity contribution < 1.29 is 14.3 Å². The summed E-state index contributed by atoms with van der Waals surface area (Å²) in [6.07, 6.45) is 5.09. The van der Waals surface area contributed by atoms with E-state index < -0.39 is 5.60 Å². The van der Waals surface area contributed by atoms with E-state index in [4.69, 9.17) is 4.74 Å². The zero-order chi connectivity index (χ0) is 22.5. The molecule has 7 nitrogen and oxygen atoms in total. The van der Waals surface area contributed by atoms with E-state index in [0.717, 1.165) is 5.70 Å². The van der Waals surface area contributed by atoms with Crippen LogP contribution in [0.25, 0.3) is 0 Å². The smallest absolute Gasteiger partial charge is 0.410 e. The summed E-state index contributed by atoms with van der Waals surface area (Å²) in [4.78, 5) is 33.1. The van der Waals surface area contributed by atoms with Crippen molar-refractivity contribution in [1.82, 2.24) is 20.1 Å². The molecule has 0 aromatic carbocycles. The van der Waals surface area contributed by atoms with E-state index in [1.807, 2.05) is 46.8 Å². The van der Waals surface area contributed by atoms with Gasteiger partial charge >= 0.3 is 6.09 Å². The number of hydrogen-bond donors (Lipinski definition) is 1. The van der Waals surface area contributed by atoms with Crippen LogP contribution in [0.5, 0.6) is 0 Å². The van der Waals surface area contributed by atoms with E-state index in [0.29, 0.717) is 34.9 Å². The lowest BCUT2D eigenvalue weighted by Crippen LogP contribution is -2.55. The van der Waals surface area contributed by atoms with Gasteiger partial charge in [-0.15, -0.1) is 11.3 Å². The van der Waals surface area contributed by atoms with Gasteiger partial charge in [-0.05, 0) is 56.6 Å². The normalized spacial score (nSPS) is 18.3. The number of aromatic nitrogens is 1. The molecule has 1 aliphatic heterocycles. The van der Waals surface area contributed by atoms with Crippen LogP contribution in [0.15, 0.2) is 45.5 Å². The Morgan fingerprint density at radius 1 is 1.40 bits per heavy atom. The molecule has 0 spiro atoms. The first-order valence-electron chi connectivity index (χ1n) is 9.72. The molecule has 2 heterocycles. The van der Waals surface area contributed by atoms with Crippen molar-refractivity contribution in [3.8, 4) is 0 Å². The van der Waals surface area contributed by atoms with Crippen LogP contribution in [0.3, 0.4) is 0 Å². The molecule has 1 aromatic rings. The van der Waals surface area contributed by atoms with Gasteiger partial charge in [0.2, 0.25) is 0 Å². The number of hydrogen-bond acceptors (Lipinski definition) is 6. The van der Waals surface area contributed by atoms with Crippen LogP contribution in [-0.2, 0) is 4.74 Å². The van der Waals surface area contributed by atoms with Crippen LogP contribution in [0.1, 0.15) is 45.1 Å². The molecule has 0 aliphatic carbocycles. The monoisotopic (exact) mass is 496 g/mol.